The fraction of sp³-hybridized carbons (Fsp3) is 0.316. The molecule has 24 heavy (non-hydrogen) atoms. The topological polar surface area (TPSA) is 35.6 Å². The minimum absolute atomic E-state index is 0.590. The van der Waals surface area contributed by atoms with Gasteiger partial charge in [0.1, 0.15) is 0 Å². The smallest absolute Gasteiger partial charge is 0.207 e. The second-order valence-corrected chi connectivity index (χ2v) is 7.10. The van der Waals surface area contributed by atoms with Crippen LogP contribution in [0.1, 0.15) is 11.1 Å². The Balaban J connectivity index is 1.44. The summed E-state index contributed by atoms with van der Waals surface area (Å²) < 4.78 is 2.43. The van der Waals surface area contributed by atoms with E-state index in [1.54, 1.807) is 0 Å². The zero-order valence-corrected chi connectivity index (χ0v) is 14.5. The van der Waals surface area contributed by atoms with Gasteiger partial charge in [-0.3, -0.25) is 9.69 Å². The first-order valence-electron chi connectivity index (χ1n) is 8.28. The highest BCUT2D eigenvalue weighted by Gasteiger charge is 2.17. The van der Waals surface area contributed by atoms with Gasteiger partial charge in [-0.05, 0) is 35.2 Å². The number of carbonyl (C=O) groups excluding carboxylic acids is 1. The second-order valence-electron chi connectivity index (χ2n) is 5.92. The molecule has 1 aliphatic heterocycles. The Labute approximate surface area is 148 Å². The quantitative estimate of drug-likeness (QED) is 0.620. The number of nitrogens with zero attached hydrogens (tertiary/aromatic N) is 2. The average molecular weight is 341 g/mol. The van der Waals surface area contributed by atoms with E-state index in [4.69, 9.17) is 0 Å². The maximum absolute atomic E-state index is 10.3. The maximum atomic E-state index is 10.3. The van der Waals surface area contributed by atoms with Gasteiger partial charge in [0, 0.05) is 44.2 Å². The van der Waals surface area contributed by atoms with Gasteiger partial charge in [-0.2, -0.15) is 0 Å². The van der Waals surface area contributed by atoms with Crippen LogP contribution >= 0.6 is 11.9 Å². The van der Waals surface area contributed by atoms with Gasteiger partial charge in [0.05, 0.1) is 0 Å². The minimum Gasteiger partial charge on any atom is -0.355 e. The van der Waals surface area contributed by atoms with Crippen LogP contribution in [0.2, 0.25) is 0 Å². The van der Waals surface area contributed by atoms with E-state index in [0.717, 1.165) is 44.7 Å². The van der Waals surface area contributed by atoms with Crippen LogP contribution in [0, 0.1) is 0 Å². The number of rotatable bonds is 7. The van der Waals surface area contributed by atoms with Gasteiger partial charge in [0.2, 0.25) is 6.41 Å². The number of piperazine rings is 1. The van der Waals surface area contributed by atoms with Crippen LogP contribution < -0.4 is 5.32 Å². The predicted octanol–water partition coefficient (Wildman–Crippen LogP) is 2.76. The number of hydrogen-bond donors (Lipinski definition) is 1. The molecule has 126 valence electrons. The molecule has 0 aliphatic carbocycles. The van der Waals surface area contributed by atoms with E-state index in [1.165, 1.54) is 10.5 Å². The molecule has 4 nitrogen and oxygen atoms in total. The summed E-state index contributed by atoms with van der Waals surface area (Å²) in [6, 6.07) is 19.1. The minimum atomic E-state index is 0.590. The van der Waals surface area contributed by atoms with Crippen LogP contribution in [0.4, 0.5) is 0 Å². The predicted molar refractivity (Wildman–Crippen MR) is 98.5 cm³/mol. The Morgan fingerprint density at radius 1 is 0.917 bits per heavy atom. The molecule has 2 aromatic rings. The zero-order chi connectivity index (χ0) is 16.6. The normalized spacial score (nSPS) is 16.0. The molecule has 0 spiro atoms. The molecule has 5 heteroatoms. The van der Waals surface area contributed by atoms with Crippen LogP contribution in [0.5, 0.6) is 0 Å². The molecular formula is C19H23N3OS. The van der Waals surface area contributed by atoms with Crippen molar-refractivity contribution in [3.8, 4) is 0 Å². The van der Waals surface area contributed by atoms with Gasteiger partial charge in [-0.25, -0.2) is 4.31 Å². The van der Waals surface area contributed by atoms with E-state index in [0.29, 0.717) is 6.54 Å². The molecule has 0 bridgehead atoms. The lowest BCUT2D eigenvalue weighted by atomic mass is 10.2. The van der Waals surface area contributed by atoms with E-state index in [-0.39, 0.29) is 0 Å². The van der Waals surface area contributed by atoms with Crippen molar-refractivity contribution in [2.75, 3.05) is 26.2 Å². The van der Waals surface area contributed by atoms with Crippen molar-refractivity contribution < 1.29 is 4.79 Å². The number of nitrogens with one attached hydrogen (secondary N) is 1. The van der Waals surface area contributed by atoms with Crippen LogP contribution in [0.3, 0.4) is 0 Å². The van der Waals surface area contributed by atoms with Gasteiger partial charge in [0.15, 0.2) is 0 Å². The first-order valence-corrected chi connectivity index (χ1v) is 9.06. The van der Waals surface area contributed by atoms with Crippen LogP contribution in [0.15, 0.2) is 59.5 Å². The first kappa shape index (κ1) is 17.0. The summed E-state index contributed by atoms with van der Waals surface area (Å²) in [4.78, 5) is 14.1. The fourth-order valence-corrected chi connectivity index (χ4v) is 3.70. The monoisotopic (exact) mass is 341 g/mol. The summed E-state index contributed by atoms with van der Waals surface area (Å²) in [6.07, 6.45) is 0.734. The lowest BCUT2D eigenvalue weighted by molar-refractivity contribution is -0.109. The molecule has 1 aliphatic rings. The van der Waals surface area contributed by atoms with Crippen molar-refractivity contribution in [3.05, 3.63) is 65.7 Å². The first-order chi connectivity index (χ1) is 11.8. The molecule has 1 N–H and O–H groups in total. The van der Waals surface area contributed by atoms with Crippen molar-refractivity contribution in [3.63, 3.8) is 0 Å². The molecule has 2 aromatic carbocycles. The molecule has 0 unspecified atom stereocenters. The molecule has 0 saturated carbocycles. The van der Waals surface area contributed by atoms with E-state index in [1.807, 2.05) is 11.9 Å². The van der Waals surface area contributed by atoms with Crippen molar-refractivity contribution in [1.29, 1.82) is 0 Å². The van der Waals surface area contributed by atoms with Crippen LogP contribution in [0.25, 0.3) is 0 Å². The molecule has 0 aromatic heterocycles. The SMILES string of the molecule is O=CNCc1ccc(SN2CCN(Cc3ccccc3)CC2)cc1. The standard InChI is InChI=1S/C19H23N3OS/c23-16-20-14-17-6-8-19(9-7-17)24-22-12-10-21(11-13-22)15-18-4-2-1-3-5-18/h1-9,16H,10-15H2,(H,20,23). The van der Waals surface area contributed by atoms with Crippen LogP contribution in [-0.4, -0.2) is 41.8 Å². The lowest BCUT2D eigenvalue weighted by Gasteiger charge is -2.33. The highest BCUT2D eigenvalue weighted by molar-refractivity contribution is 7.97. The average Bonchev–Trinajstić information content (AvgIpc) is 2.64. The third kappa shape index (κ3) is 5.09. The number of carbonyl (C=O) groups is 1. The van der Waals surface area contributed by atoms with E-state index < -0.39 is 0 Å². The third-order valence-corrected chi connectivity index (χ3v) is 5.23. The third-order valence-electron chi connectivity index (χ3n) is 4.13. The van der Waals surface area contributed by atoms with Crippen molar-refractivity contribution >= 4 is 18.4 Å². The molecular weight excluding hydrogens is 318 g/mol. The maximum Gasteiger partial charge on any atom is 0.207 e. The molecule has 1 heterocycles. The summed E-state index contributed by atoms with van der Waals surface area (Å²) in [5.74, 6) is 0. The summed E-state index contributed by atoms with van der Waals surface area (Å²) in [7, 11) is 0. The van der Waals surface area contributed by atoms with Gasteiger partial charge >= 0.3 is 0 Å². The summed E-state index contributed by atoms with van der Waals surface area (Å²) >= 11 is 1.82. The van der Waals surface area contributed by atoms with Gasteiger partial charge in [0.25, 0.3) is 0 Å². The summed E-state index contributed by atoms with van der Waals surface area (Å²) in [5, 5.41) is 2.69. The van der Waals surface area contributed by atoms with Gasteiger partial charge in [-0.15, -0.1) is 0 Å². The lowest BCUT2D eigenvalue weighted by Crippen LogP contribution is -2.42. The Kier molecular flexibility index (Phi) is 6.29. The van der Waals surface area contributed by atoms with Crippen LogP contribution in [-0.2, 0) is 17.9 Å². The number of amides is 1. The second kappa shape index (κ2) is 8.87. The largest absolute Gasteiger partial charge is 0.355 e. The highest BCUT2D eigenvalue weighted by Crippen LogP contribution is 2.24. The Hall–Kier alpha value is -1.82. The Morgan fingerprint density at radius 3 is 2.29 bits per heavy atom. The Morgan fingerprint density at radius 2 is 1.62 bits per heavy atom. The molecule has 0 radical (unpaired) electrons. The Bertz CT molecular complexity index is 625. The zero-order valence-electron chi connectivity index (χ0n) is 13.7. The van der Waals surface area contributed by atoms with E-state index in [2.05, 4.69) is 69.1 Å². The van der Waals surface area contributed by atoms with E-state index in [9.17, 15) is 4.79 Å². The molecule has 1 amide bonds. The molecule has 3 rings (SSSR count). The van der Waals surface area contributed by atoms with Gasteiger partial charge < -0.3 is 5.32 Å². The van der Waals surface area contributed by atoms with E-state index >= 15 is 0 Å². The number of hydrogen-bond acceptors (Lipinski definition) is 4. The highest BCUT2D eigenvalue weighted by atomic mass is 32.2. The molecule has 1 fully saturated rings. The summed E-state index contributed by atoms with van der Waals surface area (Å²) in [6.45, 7) is 5.98. The van der Waals surface area contributed by atoms with Crippen molar-refractivity contribution in [2.45, 2.75) is 18.0 Å². The van der Waals surface area contributed by atoms with Crippen molar-refractivity contribution in [2.24, 2.45) is 0 Å². The molecule has 0 atom stereocenters. The van der Waals surface area contributed by atoms with Crippen molar-refractivity contribution in [1.82, 2.24) is 14.5 Å². The molecule has 1 saturated heterocycles. The fourth-order valence-electron chi connectivity index (χ4n) is 2.80. The number of benzene rings is 2. The summed E-state index contributed by atoms with van der Waals surface area (Å²) in [5.41, 5.74) is 2.51. The van der Waals surface area contributed by atoms with Gasteiger partial charge in [-0.1, -0.05) is 42.5 Å².